The van der Waals surface area contributed by atoms with Crippen molar-refractivity contribution in [2.45, 2.75) is 56.5 Å². The zero-order valence-corrected chi connectivity index (χ0v) is 14.4. The van der Waals surface area contributed by atoms with Gasteiger partial charge in [-0.3, -0.25) is 4.79 Å². The standard InChI is InChI=1S/C16H25N3O3S/c1-12(2)19-23(21,22)15-8-5-14(6-9-15)18-16(20)10-7-13-4-3-11-17-13/h5-6,8-9,12-13,17,19H,3-4,7,10-11H2,1-2H3,(H,18,20). The lowest BCUT2D eigenvalue weighted by Crippen LogP contribution is -2.30. The van der Waals surface area contributed by atoms with Crippen LogP contribution in [0.2, 0.25) is 0 Å². The molecule has 0 bridgehead atoms. The maximum Gasteiger partial charge on any atom is 0.240 e. The number of amides is 1. The minimum absolute atomic E-state index is 0.0467. The van der Waals surface area contributed by atoms with Crippen molar-refractivity contribution in [2.24, 2.45) is 0 Å². The number of hydrogen-bond donors (Lipinski definition) is 3. The summed E-state index contributed by atoms with van der Waals surface area (Å²) in [6.07, 6.45) is 3.60. The minimum Gasteiger partial charge on any atom is -0.326 e. The zero-order valence-electron chi connectivity index (χ0n) is 13.6. The quantitative estimate of drug-likeness (QED) is 0.707. The molecule has 0 aromatic heterocycles. The Kier molecular flexibility index (Phi) is 6.15. The van der Waals surface area contributed by atoms with E-state index < -0.39 is 10.0 Å². The molecule has 3 N–H and O–H groups in total. The minimum atomic E-state index is -3.50. The molecule has 23 heavy (non-hydrogen) atoms. The summed E-state index contributed by atoms with van der Waals surface area (Å²) in [6, 6.07) is 6.50. The van der Waals surface area contributed by atoms with Crippen LogP contribution >= 0.6 is 0 Å². The van der Waals surface area contributed by atoms with E-state index in [4.69, 9.17) is 0 Å². The number of rotatable bonds is 7. The van der Waals surface area contributed by atoms with Crippen LogP contribution in [-0.2, 0) is 14.8 Å². The predicted molar refractivity (Wildman–Crippen MR) is 90.8 cm³/mol. The maximum atomic E-state index is 12.0. The van der Waals surface area contributed by atoms with Crippen molar-refractivity contribution >= 4 is 21.6 Å². The first-order valence-corrected chi connectivity index (χ1v) is 9.51. The van der Waals surface area contributed by atoms with Crippen LogP contribution in [0, 0.1) is 0 Å². The first-order valence-electron chi connectivity index (χ1n) is 8.02. The molecule has 1 amide bonds. The molecule has 2 rings (SSSR count). The van der Waals surface area contributed by atoms with Gasteiger partial charge < -0.3 is 10.6 Å². The van der Waals surface area contributed by atoms with Crippen molar-refractivity contribution in [3.8, 4) is 0 Å². The molecule has 0 aliphatic carbocycles. The van der Waals surface area contributed by atoms with Gasteiger partial charge in [-0.15, -0.1) is 0 Å². The second-order valence-corrected chi connectivity index (χ2v) is 7.89. The van der Waals surface area contributed by atoms with Crippen LogP contribution in [-0.4, -0.2) is 33.0 Å². The molecular formula is C16H25N3O3S. The van der Waals surface area contributed by atoms with Gasteiger partial charge in [0.1, 0.15) is 0 Å². The SMILES string of the molecule is CC(C)NS(=O)(=O)c1ccc(NC(=O)CCC2CCCN2)cc1. The van der Waals surface area contributed by atoms with Crippen LogP contribution in [0.1, 0.15) is 39.5 Å². The molecule has 0 saturated carbocycles. The van der Waals surface area contributed by atoms with Crippen molar-refractivity contribution < 1.29 is 13.2 Å². The fourth-order valence-corrected chi connectivity index (χ4v) is 3.88. The summed E-state index contributed by atoms with van der Waals surface area (Å²) >= 11 is 0. The topological polar surface area (TPSA) is 87.3 Å². The molecule has 1 aromatic rings. The molecule has 1 aromatic carbocycles. The number of sulfonamides is 1. The van der Waals surface area contributed by atoms with Gasteiger partial charge in [0.15, 0.2) is 0 Å². The van der Waals surface area contributed by atoms with Gasteiger partial charge in [-0.25, -0.2) is 13.1 Å². The molecule has 0 radical (unpaired) electrons. The Balaban J connectivity index is 1.88. The van der Waals surface area contributed by atoms with Crippen LogP contribution in [0.25, 0.3) is 0 Å². The highest BCUT2D eigenvalue weighted by molar-refractivity contribution is 7.89. The van der Waals surface area contributed by atoms with Gasteiger partial charge in [0.05, 0.1) is 4.90 Å². The summed E-state index contributed by atoms with van der Waals surface area (Å²) in [5.41, 5.74) is 0.609. The van der Waals surface area contributed by atoms with Crippen LogP contribution in [0.15, 0.2) is 29.2 Å². The van der Waals surface area contributed by atoms with Crippen LogP contribution in [0.3, 0.4) is 0 Å². The Morgan fingerprint density at radius 2 is 2.00 bits per heavy atom. The van der Waals surface area contributed by atoms with Gasteiger partial charge in [-0.05, 0) is 63.9 Å². The molecule has 1 unspecified atom stereocenters. The van der Waals surface area contributed by atoms with E-state index in [9.17, 15) is 13.2 Å². The largest absolute Gasteiger partial charge is 0.326 e. The van der Waals surface area contributed by atoms with Gasteiger partial charge in [-0.2, -0.15) is 0 Å². The predicted octanol–water partition coefficient (Wildman–Crippen LogP) is 1.84. The summed E-state index contributed by atoms with van der Waals surface area (Å²) in [6.45, 7) is 4.57. The monoisotopic (exact) mass is 339 g/mol. The summed E-state index contributed by atoms with van der Waals surface area (Å²) in [5, 5.41) is 6.17. The highest BCUT2D eigenvalue weighted by atomic mass is 32.2. The van der Waals surface area contributed by atoms with Crippen LogP contribution < -0.4 is 15.4 Å². The second-order valence-electron chi connectivity index (χ2n) is 6.18. The van der Waals surface area contributed by atoms with Crippen molar-refractivity contribution in [2.75, 3.05) is 11.9 Å². The maximum absolute atomic E-state index is 12.0. The molecule has 1 heterocycles. The van der Waals surface area contributed by atoms with E-state index in [0.29, 0.717) is 18.2 Å². The van der Waals surface area contributed by atoms with Gasteiger partial charge in [0, 0.05) is 24.2 Å². The van der Waals surface area contributed by atoms with E-state index in [0.717, 1.165) is 19.4 Å². The van der Waals surface area contributed by atoms with Crippen molar-refractivity contribution in [1.82, 2.24) is 10.0 Å². The highest BCUT2D eigenvalue weighted by Crippen LogP contribution is 2.16. The Labute approximate surface area is 138 Å². The van der Waals surface area contributed by atoms with Gasteiger partial charge >= 0.3 is 0 Å². The third-order valence-corrected chi connectivity index (χ3v) is 5.40. The van der Waals surface area contributed by atoms with E-state index in [1.54, 1.807) is 26.0 Å². The Hall–Kier alpha value is -1.44. The smallest absolute Gasteiger partial charge is 0.240 e. The first-order chi connectivity index (χ1) is 10.9. The van der Waals surface area contributed by atoms with E-state index in [-0.39, 0.29) is 16.8 Å². The van der Waals surface area contributed by atoms with Crippen molar-refractivity contribution in [3.63, 3.8) is 0 Å². The van der Waals surface area contributed by atoms with Crippen LogP contribution in [0.5, 0.6) is 0 Å². The number of anilines is 1. The number of hydrogen-bond acceptors (Lipinski definition) is 4. The lowest BCUT2D eigenvalue weighted by molar-refractivity contribution is -0.116. The van der Waals surface area contributed by atoms with E-state index in [1.807, 2.05) is 0 Å². The summed E-state index contributed by atoms with van der Waals surface area (Å²) in [5.74, 6) is -0.0467. The number of carbonyl (C=O) groups excluding carboxylic acids is 1. The lowest BCUT2D eigenvalue weighted by atomic mass is 10.1. The average molecular weight is 339 g/mol. The molecular weight excluding hydrogens is 314 g/mol. The number of nitrogens with one attached hydrogen (secondary N) is 3. The molecule has 1 saturated heterocycles. The molecule has 0 spiro atoms. The number of carbonyl (C=O) groups is 1. The van der Waals surface area contributed by atoms with Crippen molar-refractivity contribution in [1.29, 1.82) is 0 Å². The van der Waals surface area contributed by atoms with E-state index >= 15 is 0 Å². The third-order valence-electron chi connectivity index (χ3n) is 3.72. The summed E-state index contributed by atoms with van der Waals surface area (Å²) in [4.78, 5) is 12.1. The summed E-state index contributed by atoms with van der Waals surface area (Å²) in [7, 11) is -3.50. The summed E-state index contributed by atoms with van der Waals surface area (Å²) < 4.78 is 26.6. The van der Waals surface area contributed by atoms with Gasteiger partial charge in [0.25, 0.3) is 0 Å². The molecule has 1 aliphatic rings. The molecule has 1 atom stereocenters. The average Bonchev–Trinajstić information content (AvgIpc) is 2.97. The normalized spacial score (nSPS) is 18.3. The molecule has 6 nitrogen and oxygen atoms in total. The lowest BCUT2D eigenvalue weighted by Gasteiger charge is -2.11. The second kappa shape index (κ2) is 7.90. The fraction of sp³-hybridized carbons (Fsp3) is 0.562. The number of benzene rings is 1. The Bertz CT molecular complexity index is 620. The van der Waals surface area contributed by atoms with Gasteiger partial charge in [0.2, 0.25) is 15.9 Å². The fourth-order valence-electron chi connectivity index (χ4n) is 2.63. The van der Waals surface area contributed by atoms with E-state index in [2.05, 4.69) is 15.4 Å². The van der Waals surface area contributed by atoms with Crippen LogP contribution in [0.4, 0.5) is 5.69 Å². The van der Waals surface area contributed by atoms with Crippen molar-refractivity contribution in [3.05, 3.63) is 24.3 Å². The Morgan fingerprint density at radius 1 is 1.30 bits per heavy atom. The first kappa shape index (κ1) is 17.9. The zero-order chi connectivity index (χ0) is 16.9. The molecule has 128 valence electrons. The molecule has 1 fully saturated rings. The van der Waals surface area contributed by atoms with E-state index in [1.165, 1.54) is 18.6 Å². The molecule has 1 aliphatic heterocycles. The van der Waals surface area contributed by atoms with Gasteiger partial charge in [-0.1, -0.05) is 0 Å². The highest BCUT2D eigenvalue weighted by Gasteiger charge is 2.16. The Morgan fingerprint density at radius 3 is 2.57 bits per heavy atom. The third kappa shape index (κ3) is 5.60. The molecule has 7 heteroatoms.